The minimum atomic E-state index is -0.0910. The van der Waals surface area contributed by atoms with Crippen LogP contribution in [0.1, 0.15) is 27.2 Å². The Bertz CT molecular complexity index is 234. The molecule has 1 rings (SSSR count). The fourth-order valence-electron chi connectivity index (χ4n) is 2.26. The van der Waals surface area contributed by atoms with Crippen LogP contribution < -0.4 is 11.3 Å². The van der Waals surface area contributed by atoms with Gasteiger partial charge >= 0.3 is 0 Å². The van der Waals surface area contributed by atoms with E-state index in [1.165, 1.54) is 0 Å². The SMILES string of the molecule is CC(CC(=O)NN)N1CC(C)N(C)C(C)C1. The molecule has 0 bridgehead atoms. The fraction of sp³-hybridized carbons (Fsp3) is 0.909. The third-order valence-electron chi connectivity index (χ3n) is 3.65. The van der Waals surface area contributed by atoms with Crippen LogP contribution in [0.4, 0.5) is 0 Å². The second kappa shape index (κ2) is 5.61. The maximum absolute atomic E-state index is 11.2. The molecule has 0 spiro atoms. The first-order valence-electron chi connectivity index (χ1n) is 5.91. The van der Waals surface area contributed by atoms with Gasteiger partial charge in [0.2, 0.25) is 5.91 Å². The second-order valence-electron chi connectivity index (χ2n) is 4.94. The lowest BCUT2D eigenvalue weighted by molar-refractivity contribution is -0.122. The summed E-state index contributed by atoms with van der Waals surface area (Å²) < 4.78 is 0. The number of nitrogens with two attached hydrogens (primary N) is 1. The van der Waals surface area contributed by atoms with Crippen molar-refractivity contribution in [3.05, 3.63) is 0 Å². The van der Waals surface area contributed by atoms with Gasteiger partial charge in [-0.05, 0) is 27.8 Å². The van der Waals surface area contributed by atoms with Crippen LogP contribution in [-0.4, -0.2) is 54.0 Å². The maximum atomic E-state index is 11.2. The summed E-state index contributed by atoms with van der Waals surface area (Å²) in [4.78, 5) is 16.0. The predicted molar refractivity (Wildman–Crippen MR) is 64.7 cm³/mol. The molecule has 3 atom stereocenters. The molecular formula is C11H24N4O. The number of amides is 1. The lowest BCUT2D eigenvalue weighted by Crippen LogP contribution is -2.57. The van der Waals surface area contributed by atoms with Crippen molar-refractivity contribution in [1.82, 2.24) is 15.2 Å². The van der Waals surface area contributed by atoms with Crippen LogP contribution in [0.5, 0.6) is 0 Å². The van der Waals surface area contributed by atoms with E-state index in [1.807, 2.05) is 0 Å². The topological polar surface area (TPSA) is 61.6 Å². The second-order valence-corrected chi connectivity index (χ2v) is 4.94. The van der Waals surface area contributed by atoms with E-state index in [9.17, 15) is 4.79 Å². The monoisotopic (exact) mass is 228 g/mol. The first kappa shape index (κ1) is 13.4. The Morgan fingerprint density at radius 3 is 2.38 bits per heavy atom. The summed E-state index contributed by atoms with van der Waals surface area (Å²) in [6.45, 7) is 8.55. The van der Waals surface area contributed by atoms with E-state index in [2.05, 4.69) is 43.0 Å². The first-order valence-corrected chi connectivity index (χ1v) is 5.91. The molecule has 5 heteroatoms. The Labute approximate surface area is 97.9 Å². The molecule has 5 nitrogen and oxygen atoms in total. The first-order chi connectivity index (χ1) is 7.45. The van der Waals surface area contributed by atoms with Gasteiger partial charge in [0.25, 0.3) is 0 Å². The van der Waals surface area contributed by atoms with Gasteiger partial charge in [-0.15, -0.1) is 0 Å². The summed E-state index contributed by atoms with van der Waals surface area (Å²) >= 11 is 0. The summed E-state index contributed by atoms with van der Waals surface area (Å²) in [7, 11) is 2.16. The van der Waals surface area contributed by atoms with Crippen molar-refractivity contribution in [2.45, 2.75) is 45.3 Å². The number of carbonyl (C=O) groups is 1. The molecule has 16 heavy (non-hydrogen) atoms. The van der Waals surface area contributed by atoms with E-state index in [1.54, 1.807) is 0 Å². The Kier molecular flexibility index (Phi) is 4.70. The van der Waals surface area contributed by atoms with E-state index in [-0.39, 0.29) is 11.9 Å². The highest BCUT2D eigenvalue weighted by molar-refractivity contribution is 5.75. The van der Waals surface area contributed by atoms with Crippen LogP contribution in [0.25, 0.3) is 0 Å². The number of rotatable bonds is 3. The highest BCUT2D eigenvalue weighted by atomic mass is 16.2. The Balaban J connectivity index is 2.51. The van der Waals surface area contributed by atoms with Gasteiger partial charge in [0, 0.05) is 37.6 Å². The summed E-state index contributed by atoms with van der Waals surface area (Å²) in [5.74, 6) is 5.01. The van der Waals surface area contributed by atoms with Crippen LogP contribution in [0.2, 0.25) is 0 Å². The largest absolute Gasteiger partial charge is 0.298 e. The van der Waals surface area contributed by atoms with Crippen molar-refractivity contribution >= 4 is 5.91 Å². The van der Waals surface area contributed by atoms with Gasteiger partial charge in [0.1, 0.15) is 0 Å². The lowest BCUT2D eigenvalue weighted by atomic mass is 10.1. The van der Waals surface area contributed by atoms with Crippen molar-refractivity contribution in [1.29, 1.82) is 0 Å². The molecule has 1 saturated heterocycles. The number of hydrazine groups is 1. The number of likely N-dealkylation sites (N-methyl/N-ethyl adjacent to an activating group) is 1. The van der Waals surface area contributed by atoms with Crippen LogP contribution >= 0.6 is 0 Å². The zero-order chi connectivity index (χ0) is 12.3. The number of carbonyl (C=O) groups excluding carboxylic acids is 1. The van der Waals surface area contributed by atoms with Crippen LogP contribution in [-0.2, 0) is 4.79 Å². The van der Waals surface area contributed by atoms with Gasteiger partial charge in [0.15, 0.2) is 0 Å². The molecule has 3 unspecified atom stereocenters. The molecule has 1 aliphatic heterocycles. The van der Waals surface area contributed by atoms with Crippen LogP contribution in [0.3, 0.4) is 0 Å². The molecule has 94 valence electrons. The van der Waals surface area contributed by atoms with Gasteiger partial charge in [-0.25, -0.2) is 5.84 Å². The van der Waals surface area contributed by atoms with Crippen molar-refractivity contribution in [3.8, 4) is 0 Å². The molecule has 0 aromatic rings. The molecule has 1 aliphatic rings. The van der Waals surface area contributed by atoms with Crippen molar-refractivity contribution in [2.24, 2.45) is 5.84 Å². The quantitative estimate of drug-likeness (QED) is 0.398. The zero-order valence-electron chi connectivity index (χ0n) is 10.7. The molecule has 0 aromatic carbocycles. The third kappa shape index (κ3) is 3.17. The van der Waals surface area contributed by atoms with Crippen molar-refractivity contribution in [3.63, 3.8) is 0 Å². The van der Waals surface area contributed by atoms with Gasteiger partial charge in [0.05, 0.1) is 0 Å². The fourth-order valence-corrected chi connectivity index (χ4v) is 2.26. The maximum Gasteiger partial charge on any atom is 0.235 e. The minimum absolute atomic E-state index is 0.0910. The van der Waals surface area contributed by atoms with E-state index >= 15 is 0 Å². The molecular weight excluding hydrogens is 204 g/mol. The number of nitrogens with one attached hydrogen (secondary N) is 1. The number of hydrogen-bond donors (Lipinski definition) is 2. The minimum Gasteiger partial charge on any atom is -0.298 e. The highest BCUT2D eigenvalue weighted by Gasteiger charge is 2.29. The van der Waals surface area contributed by atoms with Crippen molar-refractivity contribution < 1.29 is 4.79 Å². The number of hydrogen-bond acceptors (Lipinski definition) is 4. The summed E-state index contributed by atoms with van der Waals surface area (Å²) in [6, 6.07) is 1.32. The highest BCUT2D eigenvalue weighted by Crippen LogP contribution is 2.16. The van der Waals surface area contributed by atoms with Crippen LogP contribution in [0.15, 0.2) is 0 Å². The van der Waals surface area contributed by atoms with E-state index in [0.717, 1.165) is 13.1 Å². The molecule has 0 aliphatic carbocycles. The average Bonchev–Trinajstić information content (AvgIpc) is 2.24. The van der Waals surface area contributed by atoms with Gasteiger partial charge < -0.3 is 0 Å². The lowest BCUT2D eigenvalue weighted by Gasteiger charge is -2.44. The molecule has 1 fully saturated rings. The molecule has 0 radical (unpaired) electrons. The molecule has 1 heterocycles. The molecule has 1 amide bonds. The smallest absolute Gasteiger partial charge is 0.235 e. The standard InChI is InChI=1S/C11H24N4O/c1-8(5-11(16)13-12)15-6-9(2)14(4)10(3)7-15/h8-10H,5-7,12H2,1-4H3,(H,13,16). The Hall–Kier alpha value is -0.650. The summed E-state index contributed by atoms with van der Waals surface area (Å²) in [5.41, 5.74) is 2.19. The van der Waals surface area contributed by atoms with E-state index in [4.69, 9.17) is 5.84 Å². The predicted octanol–water partition coefficient (Wildman–Crippen LogP) is -0.221. The van der Waals surface area contributed by atoms with Gasteiger partial charge in [-0.1, -0.05) is 0 Å². The third-order valence-corrected chi connectivity index (χ3v) is 3.65. The van der Waals surface area contributed by atoms with Gasteiger partial charge in [-0.2, -0.15) is 0 Å². The number of nitrogens with zero attached hydrogens (tertiary/aromatic N) is 2. The normalized spacial score (nSPS) is 30.1. The average molecular weight is 228 g/mol. The Morgan fingerprint density at radius 1 is 1.44 bits per heavy atom. The van der Waals surface area contributed by atoms with E-state index in [0.29, 0.717) is 18.5 Å². The van der Waals surface area contributed by atoms with E-state index < -0.39 is 0 Å². The van der Waals surface area contributed by atoms with Crippen LogP contribution in [0, 0.1) is 0 Å². The molecule has 0 aromatic heterocycles. The number of piperazine rings is 1. The summed E-state index contributed by atoms with van der Waals surface area (Å²) in [6.07, 6.45) is 0.472. The zero-order valence-corrected chi connectivity index (χ0v) is 10.7. The Morgan fingerprint density at radius 2 is 1.94 bits per heavy atom. The molecule has 0 saturated carbocycles. The van der Waals surface area contributed by atoms with Gasteiger partial charge in [-0.3, -0.25) is 20.0 Å². The van der Waals surface area contributed by atoms with Crippen molar-refractivity contribution in [2.75, 3.05) is 20.1 Å². The molecule has 3 N–H and O–H groups in total. The summed E-state index contributed by atoms with van der Waals surface area (Å²) in [5, 5.41) is 0.